The van der Waals surface area contributed by atoms with Gasteiger partial charge in [0.15, 0.2) is 0 Å². The molecule has 4 nitrogen and oxygen atoms in total. The lowest BCUT2D eigenvalue weighted by molar-refractivity contribution is 0.464. The molecule has 1 aromatic rings. The van der Waals surface area contributed by atoms with Crippen molar-refractivity contribution in [1.82, 2.24) is 4.31 Å². The SMILES string of the molecule is Cc1ccc(S(=O)(=O)N2CCC(C)C2)cc1N. The number of benzene rings is 1. The van der Waals surface area contributed by atoms with Crippen molar-refractivity contribution in [1.29, 1.82) is 0 Å². The quantitative estimate of drug-likeness (QED) is 0.815. The van der Waals surface area contributed by atoms with Gasteiger partial charge in [0.1, 0.15) is 0 Å². The largest absolute Gasteiger partial charge is 0.398 e. The second-order valence-electron chi connectivity index (χ2n) is 4.78. The summed E-state index contributed by atoms with van der Waals surface area (Å²) in [6, 6.07) is 4.93. The Morgan fingerprint density at radius 1 is 1.41 bits per heavy atom. The van der Waals surface area contributed by atoms with Gasteiger partial charge in [0, 0.05) is 18.8 Å². The zero-order valence-corrected chi connectivity index (χ0v) is 11.0. The normalized spacial score (nSPS) is 21.9. The van der Waals surface area contributed by atoms with Gasteiger partial charge in [-0.15, -0.1) is 0 Å². The highest BCUT2D eigenvalue weighted by atomic mass is 32.2. The molecule has 1 aromatic carbocycles. The van der Waals surface area contributed by atoms with Crippen LogP contribution < -0.4 is 5.73 Å². The van der Waals surface area contributed by atoms with E-state index in [-0.39, 0.29) is 0 Å². The highest BCUT2D eigenvalue weighted by Crippen LogP contribution is 2.25. The van der Waals surface area contributed by atoms with Crippen molar-refractivity contribution in [2.75, 3.05) is 18.8 Å². The lowest BCUT2D eigenvalue weighted by Gasteiger charge is -2.16. The summed E-state index contributed by atoms with van der Waals surface area (Å²) < 4.78 is 26.2. The lowest BCUT2D eigenvalue weighted by atomic mass is 10.2. The summed E-state index contributed by atoms with van der Waals surface area (Å²) in [6.07, 6.45) is 0.931. The Kier molecular flexibility index (Phi) is 3.14. The van der Waals surface area contributed by atoms with E-state index in [4.69, 9.17) is 5.73 Å². The summed E-state index contributed by atoms with van der Waals surface area (Å²) in [4.78, 5) is 0.301. The van der Waals surface area contributed by atoms with Crippen molar-refractivity contribution >= 4 is 15.7 Å². The third kappa shape index (κ3) is 2.30. The smallest absolute Gasteiger partial charge is 0.243 e. The first-order chi connectivity index (χ1) is 7.91. The van der Waals surface area contributed by atoms with Crippen LogP contribution in [0, 0.1) is 12.8 Å². The van der Waals surface area contributed by atoms with Gasteiger partial charge < -0.3 is 5.73 Å². The number of nitrogen functional groups attached to an aromatic ring is 1. The molecule has 94 valence electrons. The standard InChI is InChI=1S/C12H18N2O2S/c1-9-5-6-14(8-9)17(15,16)11-4-3-10(2)12(13)7-11/h3-4,7,9H,5-6,8,13H2,1-2H3. The molecule has 2 rings (SSSR count). The first kappa shape index (κ1) is 12.4. The molecule has 5 heteroatoms. The topological polar surface area (TPSA) is 63.4 Å². The van der Waals surface area contributed by atoms with Gasteiger partial charge >= 0.3 is 0 Å². The minimum atomic E-state index is -3.36. The van der Waals surface area contributed by atoms with Crippen LogP contribution in [-0.2, 0) is 10.0 Å². The van der Waals surface area contributed by atoms with E-state index in [1.165, 1.54) is 0 Å². The lowest BCUT2D eigenvalue weighted by Crippen LogP contribution is -2.28. The molecule has 2 N–H and O–H groups in total. The molecule has 1 atom stereocenters. The Hall–Kier alpha value is -1.07. The van der Waals surface area contributed by atoms with Crippen LogP contribution in [0.3, 0.4) is 0 Å². The van der Waals surface area contributed by atoms with E-state index in [0.717, 1.165) is 12.0 Å². The van der Waals surface area contributed by atoms with E-state index in [1.807, 2.05) is 6.92 Å². The number of rotatable bonds is 2. The summed E-state index contributed by atoms with van der Waals surface area (Å²) in [7, 11) is -3.36. The van der Waals surface area contributed by atoms with E-state index >= 15 is 0 Å². The van der Waals surface area contributed by atoms with Crippen LogP contribution in [0.5, 0.6) is 0 Å². The Balaban J connectivity index is 2.35. The molecule has 0 amide bonds. The van der Waals surface area contributed by atoms with Crippen LogP contribution in [0.2, 0.25) is 0 Å². The first-order valence-corrected chi connectivity index (χ1v) is 7.21. The summed E-state index contributed by atoms with van der Waals surface area (Å²) in [6.45, 7) is 5.15. The van der Waals surface area contributed by atoms with Gasteiger partial charge in [0.2, 0.25) is 10.0 Å². The van der Waals surface area contributed by atoms with Crippen LogP contribution in [-0.4, -0.2) is 25.8 Å². The van der Waals surface area contributed by atoms with Crippen molar-refractivity contribution in [3.63, 3.8) is 0 Å². The van der Waals surface area contributed by atoms with Crippen molar-refractivity contribution in [3.8, 4) is 0 Å². The zero-order valence-electron chi connectivity index (χ0n) is 10.2. The van der Waals surface area contributed by atoms with E-state index in [0.29, 0.717) is 29.6 Å². The molecular weight excluding hydrogens is 236 g/mol. The van der Waals surface area contributed by atoms with E-state index in [2.05, 4.69) is 6.92 Å². The number of hydrogen-bond donors (Lipinski definition) is 1. The monoisotopic (exact) mass is 254 g/mol. The molecule has 0 aromatic heterocycles. The van der Waals surface area contributed by atoms with Crippen molar-refractivity contribution < 1.29 is 8.42 Å². The van der Waals surface area contributed by atoms with Crippen LogP contribution in [0.4, 0.5) is 5.69 Å². The highest BCUT2D eigenvalue weighted by molar-refractivity contribution is 7.89. The number of anilines is 1. The van der Waals surface area contributed by atoms with Gasteiger partial charge in [-0.1, -0.05) is 13.0 Å². The van der Waals surface area contributed by atoms with Crippen LogP contribution in [0.25, 0.3) is 0 Å². The molecule has 0 aliphatic carbocycles. The highest BCUT2D eigenvalue weighted by Gasteiger charge is 2.30. The predicted molar refractivity (Wildman–Crippen MR) is 68.1 cm³/mol. The average Bonchev–Trinajstić information content (AvgIpc) is 2.69. The predicted octanol–water partition coefficient (Wildman–Crippen LogP) is 1.61. The van der Waals surface area contributed by atoms with Crippen LogP contribution >= 0.6 is 0 Å². The van der Waals surface area contributed by atoms with Crippen LogP contribution in [0.1, 0.15) is 18.9 Å². The average molecular weight is 254 g/mol. The van der Waals surface area contributed by atoms with Gasteiger partial charge in [-0.25, -0.2) is 8.42 Å². The van der Waals surface area contributed by atoms with Crippen molar-refractivity contribution in [2.24, 2.45) is 5.92 Å². The Morgan fingerprint density at radius 2 is 2.12 bits per heavy atom. The Labute approximate surface area is 102 Å². The van der Waals surface area contributed by atoms with E-state index in [9.17, 15) is 8.42 Å². The van der Waals surface area contributed by atoms with Crippen LogP contribution in [0.15, 0.2) is 23.1 Å². The molecular formula is C12H18N2O2S. The van der Waals surface area contributed by atoms with Gasteiger partial charge in [-0.2, -0.15) is 4.31 Å². The number of nitrogens with zero attached hydrogens (tertiary/aromatic N) is 1. The molecule has 0 spiro atoms. The van der Waals surface area contributed by atoms with Crippen molar-refractivity contribution in [3.05, 3.63) is 23.8 Å². The molecule has 1 saturated heterocycles. The van der Waals surface area contributed by atoms with Gasteiger partial charge in [0.25, 0.3) is 0 Å². The minimum Gasteiger partial charge on any atom is -0.398 e. The van der Waals surface area contributed by atoms with E-state index < -0.39 is 10.0 Å². The van der Waals surface area contributed by atoms with Crippen molar-refractivity contribution in [2.45, 2.75) is 25.2 Å². The maximum atomic E-state index is 12.3. The molecule has 1 fully saturated rings. The summed E-state index contributed by atoms with van der Waals surface area (Å²) in [5.41, 5.74) is 7.19. The Bertz CT molecular complexity index is 525. The maximum Gasteiger partial charge on any atom is 0.243 e. The Morgan fingerprint density at radius 3 is 2.65 bits per heavy atom. The summed E-state index contributed by atoms with van der Waals surface area (Å²) in [5.74, 6) is 0.438. The number of hydrogen-bond acceptors (Lipinski definition) is 3. The number of sulfonamides is 1. The molecule has 1 aliphatic heterocycles. The third-order valence-electron chi connectivity index (χ3n) is 3.28. The molecule has 1 aliphatic rings. The second kappa shape index (κ2) is 4.31. The molecule has 1 unspecified atom stereocenters. The molecule has 0 radical (unpaired) electrons. The molecule has 0 saturated carbocycles. The van der Waals surface area contributed by atoms with E-state index in [1.54, 1.807) is 22.5 Å². The first-order valence-electron chi connectivity index (χ1n) is 5.77. The fraction of sp³-hybridized carbons (Fsp3) is 0.500. The fourth-order valence-corrected chi connectivity index (χ4v) is 3.65. The fourth-order valence-electron chi connectivity index (χ4n) is 2.04. The minimum absolute atomic E-state index is 0.301. The summed E-state index contributed by atoms with van der Waals surface area (Å²) >= 11 is 0. The molecule has 1 heterocycles. The second-order valence-corrected chi connectivity index (χ2v) is 6.71. The number of aryl methyl sites for hydroxylation is 1. The molecule has 17 heavy (non-hydrogen) atoms. The van der Waals surface area contributed by atoms with Gasteiger partial charge in [-0.05, 0) is 37.0 Å². The number of nitrogens with two attached hydrogens (primary N) is 1. The summed E-state index contributed by atoms with van der Waals surface area (Å²) in [5, 5.41) is 0. The zero-order chi connectivity index (χ0) is 12.6. The maximum absolute atomic E-state index is 12.3. The molecule has 0 bridgehead atoms. The van der Waals surface area contributed by atoms with Gasteiger partial charge in [0.05, 0.1) is 4.90 Å². The third-order valence-corrected chi connectivity index (χ3v) is 5.14. The van der Waals surface area contributed by atoms with Gasteiger partial charge in [-0.3, -0.25) is 0 Å².